The molecule has 0 aliphatic carbocycles. The molecule has 98 valence electrons. The molecular formula is C6H4BF8KN2. The van der Waals surface area contributed by atoms with Crippen molar-refractivity contribution in [3.63, 3.8) is 0 Å². The molecule has 0 spiro atoms. The van der Waals surface area contributed by atoms with E-state index in [1.54, 1.807) is 0 Å². The Morgan fingerprint density at radius 1 is 1.11 bits per heavy atom. The van der Waals surface area contributed by atoms with Crippen molar-refractivity contribution in [3.8, 4) is 0 Å². The van der Waals surface area contributed by atoms with E-state index in [-0.39, 0.29) is 57.6 Å². The van der Waals surface area contributed by atoms with E-state index >= 15 is 0 Å². The van der Waals surface area contributed by atoms with Crippen LogP contribution in [0.5, 0.6) is 0 Å². The maximum atomic E-state index is 12.5. The summed E-state index contributed by atoms with van der Waals surface area (Å²) in [5.41, 5.74) is -2.85. The number of rotatable bonds is 3. The molecule has 0 aliphatic heterocycles. The van der Waals surface area contributed by atoms with Crippen LogP contribution < -0.4 is 56.8 Å². The maximum absolute atomic E-state index is 12.5. The molecule has 0 fully saturated rings. The molecule has 1 heterocycles. The average Bonchev–Trinajstić information content (AvgIpc) is 2.47. The SMILES string of the molecule is F[B-](F)(F)c1cn[nH]c1CC(F)(F)C(F)(F)F.[K+]. The third kappa shape index (κ3) is 4.18. The predicted octanol–water partition coefficient (Wildman–Crippen LogP) is -0.792. The van der Waals surface area contributed by atoms with Gasteiger partial charge in [0, 0.05) is 11.9 Å². The Labute approximate surface area is 138 Å². The van der Waals surface area contributed by atoms with Gasteiger partial charge in [-0.15, -0.1) is 0 Å². The van der Waals surface area contributed by atoms with Crippen LogP contribution in [0.3, 0.4) is 0 Å². The van der Waals surface area contributed by atoms with E-state index in [0.717, 1.165) is 0 Å². The Balaban J connectivity index is 0.00000289. The first-order valence-electron chi connectivity index (χ1n) is 4.12. The van der Waals surface area contributed by atoms with Crippen LogP contribution in [0.2, 0.25) is 0 Å². The molecule has 1 rings (SSSR count). The van der Waals surface area contributed by atoms with Gasteiger partial charge < -0.3 is 12.9 Å². The molecule has 0 radical (unpaired) electrons. The largest absolute Gasteiger partial charge is 1.00 e. The summed E-state index contributed by atoms with van der Waals surface area (Å²) in [6.07, 6.45) is -7.84. The van der Waals surface area contributed by atoms with E-state index in [2.05, 4.69) is 5.10 Å². The third-order valence-electron chi connectivity index (χ3n) is 1.92. The molecule has 1 N–H and O–H groups in total. The van der Waals surface area contributed by atoms with Gasteiger partial charge in [-0.3, -0.25) is 5.10 Å². The average molecular weight is 306 g/mol. The van der Waals surface area contributed by atoms with E-state index in [1.807, 2.05) is 0 Å². The zero-order valence-electron chi connectivity index (χ0n) is 8.83. The van der Waals surface area contributed by atoms with Crippen molar-refractivity contribution >= 4 is 12.4 Å². The van der Waals surface area contributed by atoms with Crippen molar-refractivity contribution in [2.45, 2.75) is 18.5 Å². The molecule has 0 atom stereocenters. The van der Waals surface area contributed by atoms with E-state index < -0.39 is 36.7 Å². The molecule has 1 aromatic rings. The summed E-state index contributed by atoms with van der Waals surface area (Å²) in [4.78, 5) is 0. The van der Waals surface area contributed by atoms with Gasteiger partial charge in [0.2, 0.25) is 0 Å². The van der Waals surface area contributed by atoms with Gasteiger partial charge in [-0.25, -0.2) is 0 Å². The molecule has 0 aromatic carbocycles. The van der Waals surface area contributed by atoms with Crippen LogP contribution in [0, 0.1) is 0 Å². The molecule has 0 aliphatic rings. The molecule has 0 saturated carbocycles. The molecule has 2 nitrogen and oxygen atoms in total. The quantitative estimate of drug-likeness (QED) is 0.575. The van der Waals surface area contributed by atoms with Crippen LogP contribution in [-0.2, 0) is 6.42 Å². The van der Waals surface area contributed by atoms with Gasteiger partial charge in [-0.2, -0.15) is 27.1 Å². The van der Waals surface area contributed by atoms with Crippen LogP contribution >= 0.6 is 0 Å². The molecule has 12 heteroatoms. The van der Waals surface area contributed by atoms with E-state index in [1.165, 1.54) is 5.10 Å². The Morgan fingerprint density at radius 2 is 1.61 bits per heavy atom. The number of H-pyrrole nitrogens is 1. The van der Waals surface area contributed by atoms with Crippen LogP contribution in [0.1, 0.15) is 5.69 Å². The topological polar surface area (TPSA) is 28.7 Å². The number of alkyl halides is 5. The van der Waals surface area contributed by atoms with Crippen molar-refractivity contribution in [1.29, 1.82) is 0 Å². The first-order valence-corrected chi connectivity index (χ1v) is 4.12. The first kappa shape index (κ1) is 18.4. The number of nitrogens with one attached hydrogen (secondary N) is 1. The van der Waals surface area contributed by atoms with Crippen LogP contribution in [-0.4, -0.2) is 29.3 Å². The summed E-state index contributed by atoms with van der Waals surface area (Å²) in [5.74, 6) is -5.24. The predicted molar refractivity (Wildman–Crippen MR) is 42.0 cm³/mol. The fraction of sp³-hybridized carbons (Fsp3) is 0.500. The van der Waals surface area contributed by atoms with E-state index in [4.69, 9.17) is 0 Å². The van der Waals surface area contributed by atoms with Crippen LogP contribution in [0.4, 0.5) is 34.9 Å². The Morgan fingerprint density at radius 3 is 2.00 bits per heavy atom. The van der Waals surface area contributed by atoms with E-state index in [0.29, 0.717) is 0 Å². The summed E-state index contributed by atoms with van der Waals surface area (Å²) >= 11 is 0. The minimum atomic E-state index is -5.91. The second-order valence-electron chi connectivity index (χ2n) is 3.26. The van der Waals surface area contributed by atoms with Crippen molar-refractivity contribution in [2.24, 2.45) is 0 Å². The molecule has 1 aromatic heterocycles. The fourth-order valence-electron chi connectivity index (χ4n) is 1.07. The second-order valence-corrected chi connectivity index (χ2v) is 3.26. The molecule has 0 saturated heterocycles. The number of hydrogen-bond acceptors (Lipinski definition) is 1. The molecule has 0 amide bonds. The number of aromatic amines is 1. The van der Waals surface area contributed by atoms with Gasteiger partial charge in [0.05, 0.1) is 6.42 Å². The molecular weight excluding hydrogens is 302 g/mol. The van der Waals surface area contributed by atoms with E-state index in [9.17, 15) is 34.9 Å². The normalized spacial score (nSPS) is 13.3. The summed E-state index contributed by atoms with van der Waals surface area (Å²) in [5, 5.41) is 4.33. The number of halogens is 8. The third-order valence-corrected chi connectivity index (χ3v) is 1.92. The van der Waals surface area contributed by atoms with Crippen LogP contribution in [0.25, 0.3) is 0 Å². The first-order chi connectivity index (χ1) is 7.45. The second kappa shape index (κ2) is 5.77. The Bertz CT molecular complexity index is 397. The minimum absolute atomic E-state index is 0. The number of nitrogens with zero attached hydrogens (tertiary/aromatic N) is 1. The molecule has 0 unspecified atom stereocenters. The van der Waals surface area contributed by atoms with Gasteiger partial charge in [0.1, 0.15) is 0 Å². The minimum Gasteiger partial charge on any atom is -0.445 e. The summed E-state index contributed by atoms with van der Waals surface area (Å²) in [7, 11) is 0. The zero-order valence-corrected chi connectivity index (χ0v) is 12.0. The standard InChI is InChI=1S/C6H4BF8N2.K/c8-5(9,6(10,11)12)1-4-3(2-16-17-4)7(13,14)15;/h2H,1H2,(H,16,17);/q-1;+1. The van der Waals surface area contributed by atoms with Crippen molar-refractivity contribution < 1.29 is 86.3 Å². The maximum Gasteiger partial charge on any atom is 1.00 e. The van der Waals surface area contributed by atoms with Gasteiger partial charge in [-0.05, 0) is 0 Å². The Hall–Kier alpha value is 0.351. The zero-order chi connectivity index (χ0) is 13.5. The van der Waals surface area contributed by atoms with Gasteiger partial charge in [0.25, 0.3) is 0 Å². The van der Waals surface area contributed by atoms with Crippen molar-refractivity contribution in [1.82, 2.24) is 10.2 Å². The number of aromatic nitrogens is 2. The monoisotopic (exact) mass is 306 g/mol. The van der Waals surface area contributed by atoms with Crippen LogP contribution in [0.15, 0.2) is 6.20 Å². The fourth-order valence-corrected chi connectivity index (χ4v) is 1.07. The van der Waals surface area contributed by atoms with Gasteiger partial charge in [-0.1, -0.05) is 5.46 Å². The Kier molecular flexibility index (Phi) is 5.88. The molecule has 0 bridgehead atoms. The van der Waals surface area contributed by atoms with Crippen molar-refractivity contribution in [3.05, 3.63) is 11.9 Å². The molecule has 18 heavy (non-hydrogen) atoms. The van der Waals surface area contributed by atoms with Gasteiger partial charge in [0.15, 0.2) is 0 Å². The smallest absolute Gasteiger partial charge is 0.445 e. The summed E-state index contributed by atoms with van der Waals surface area (Å²) in [6.45, 7) is -5.69. The van der Waals surface area contributed by atoms with Crippen molar-refractivity contribution in [2.75, 3.05) is 0 Å². The number of hydrogen-bond donors (Lipinski definition) is 1. The summed E-state index contributed by atoms with van der Waals surface area (Å²) in [6, 6.07) is 0. The van der Waals surface area contributed by atoms with Gasteiger partial charge >= 0.3 is 70.5 Å². The summed E-state index contributed by atoms with van der Waals surface area (Å²) < 4.78 is 97.1.